The van der Waals surface area contributed by atoms with Crippen LogP contribution in [0.3, 0.4) is 0 Å². The SMILES string of the molecule is COC(=O)c1nccc2c(S(=O)(=O)N[C@H](CC(C)C)C(=O)O)cccc12. The van der Waals surface area contributed by atoms with Crippen molar-refractivity contribution in [1.82, 2.24) is 9.71 Å². The second kappa shape index (κ2) is 7.79. The van der Waals surface area contributed by atoms with Gasteiger partial charge in [-0.15, -0.1) is 0 Å². The number of methoxy groups -OCH3 is 1. The summed E-state index contributed by atoms with van der Waals surface area (Å²) in [5.74, 6) is -1.96. The Morgan fingerprint density at radius 3 is 2.50 bits per heavy atom. The van der Waals surface area contributed by atoms with Crippen LogP contribution in [0.15, 0.2) is 35.4 Å². The van der Waals surface area contributed by atoms with E-state index in [1.807, 2.05) is 0 Å². The predicted octanol–water partition coefficient (Wildman–Crippen LogP) is 1.80. The Hall–Kier alpha value is -2.52. The van der Waals surface area contributed by atoms with Gasteiger partial charge in [-0.1, -0.05) is 26.0 Å². The van der Waals surface area contributed by atoms with E-state index in [4.69, 9.17) is 0 Å². The van der Waals surface area contributed by atoms with E-state index in [0.29, 0.717) is 5.39 Å². The number of fused-ring (bicyclic) bond motifs is 1. The van der Waals surface area contributed by atoms with E-state index in [9.17, 15) is 23.1 Å². The number of ether oxygens (including phenoxy) is 1. The monoisotopic (exact) mass is 380 g/mol. The Morgan fingerprint density at radius 1 is 1.23 bits per heavy atom. The summed E-state index contributed by atoms with van der Waals surface area (Å²) < 4.78 is 32.5. The van der Waals surface area contributed by atoms with E-state index < -0.39 is 28.0 Å². The normalized spacial score (nSPS) is 12.9. The molecule has 2 rings (SSSR count). The van der Waals surface area contributed by atoms with Crippen molar-refractivity contribution in [2.24, 2.45) is 5.92 Å². The molecule has 0 aliphatic rings. The van der Waals surface area contributed by atoms with Crippen molar-refractivity contribution in [2.75, 3.05) is 7.11 Å². The first-order chi connectivity index (χ1) is 12.2. The van der Waals surface area contributed by atoms with Crippen LogP contribution in [0.1, 0.15) is 30.8 Å². The van der Waals surface area contributed by atoms with Gasteiger partial charge in [0.2, 0.25) is 10.0 Å². The Kier molecular flexibility index (Phi) is 5.94. The molecule has 0 amide bonds. The smallest absolute Gasteiger partial charge is 0.357 e. The summed E-state index contributed by atoms with van der Waals surface area (Å²) >= 11 is 0. The lowest BCUT2D eigenvalue weighted by Gasteiger charge is -2.17. The summed E-state index contributed by atoms with van der Waals surface area (Å²) in [4.78, 5) is 27.1. The van der Waals surface area contributed by atoms with Gasteiger partial charge < -0.3 is 9.84 Å². The predicted molar refractivity (Wildman–Crippen MR) is 94.3 cm³/mol. The Morgan fingerprint density at radius 2 is 1.92 bits per heavy atom. The largest absolute Gasteiger partial charge is 0.480 e. The number of carboxylic acids is 1. The van der Waals surface area contributed by atoms with Crippen molar-refractivity contribution in [3.63, 3.8) is 0 Å². The number of rotatable bonds is 7. The maximum atomic E-state index is 12.8. The second-order valence-corrected chi connectivity index (χ2v) is 7.83. The molecule has 1 heterocycles. The highest BCUT2D eigenvalue weighted by Gasteiger charge is 2.28. The number of pyridine rings is 1. The topological polar surface area (TPSA) is 123 Å². The van der Waals surface area contributed by atoms with Crippen molar-refractivity contribution in [1.29, 1.82) is 0 Å². The van der Waals surface area contributed by atoms with Gasteiger partial charge in [0, 0.05) is 17.0 Å². The third-order valence-electron chi connectivity index (χ3n) is 3.74. The molecule has 0 aliphatic heterocycles. The minimum atomic E-state index is -4.14. The Bertz CT molecular complexity index is 939. The highest BCUT2D eigenvalue weighted by atomic mass is 32.2. The number of aliphatic carboxylic acids is 1. The lowest BCUT2D eigenvalue weighted by molar-refractivity contribution is -0.139. The van der Waals surface area contributed by atoms with E-state index in [1.165, 1.54) is 31.5 Å². The first kappa shape index (κ1) is 19.8. The van der Waals surface area contributed by atoms with Crippen molar-refractivity contribution >= 4 is 32.7 Å². The number of carboxylic acid groups (broad SMARTS) is 1. The number of hydrogen-bond donors (Lipinski definition) is 2. The fourth-order valence-corrected chi connectivity index (χ4v) is 4.02. The Labute approximate surface area is 151 Å². The standard InChI is InChI=1S/C17H20N2O6S/c1-10(2)9-13(16(20)21)19-26(23,24)14-6-4-5-12-11(14)7-8-18-15(12)17(22)25-3/h4-8,10,13,19H,9H2,1-3H3,(H,20,21)/t13-/m1/s1. The molecule has 1 aromatic heterocycles. The van der Waals surface area contributed by atoms with Crippen molar-refractivity contribution in [2.45, 2.75) is 31.2 Å². The molecule has 2 N–H and O–H groups in total. The van der Waals surface area contributed by atoms with Crippen LogP contribution in [0, 0.1) is 5.92 Å². The molecule has 0 unspecified atom stereocenters. The molecular formula is C17H20N2O6S. The van der Waals surface area contributed by atoms with Crippen molar-refractivity contribution < 1.29 is 27.9 Å². The van der Waals surface area contributed by atoms with Crippen molar-refractivity contribution in [3.8, 4) is 0 Å². The maximum Gasteiger partial charge on any atom is 0.357 e. The lowest BCUT2D eigenvalue weighted by atomic mass is 10.1. The van der Waals surface area contributed by atoms with E-state index >= 15 is 0 Å². The summed E-state index contributed by atoms with van der Waals surface area (Å²) in [5, 5.41) is 9.85. The van der Waals surface area contributed by atoms with Gasteiger partial charge in [-0.25, -0.2) is 18.2 Å². The first-order valence-electron chi connectivity index (χ1n) is 7.88. The van der Waals surface area contributed by atoms with Crippen LogP contribution in [0.5, 0.6) is 0 Å². The average Bonchev–Trinajstić information content (AvgIpc) is 2.58. The minimum Gasteiger partial charge on any atom is -0.480 e. The van der Waals surface area contributed by atoms with Gasteiger partial charge in [-0.2, -0.15) is 4.72 Å². The second-order valence-electron chi connectivity index (χ2n) is 6.14. The van der Waals surface area contributed by atoms with Crippen LogP contribution in [0.25, 0.3) is 10.8 Å². The van der Waals surface area contributed by atoms with Crippen LogP contribution in [-0.2, 0) is 19.6 Å². The first-order valence-corrected chi connectivity index (χ1v) is 9.37. The van der Waals surface area contributed by atoms with Crippen LogP contribution >= 0.6 is 0 Å². The van der Waals surface area contributed by atoms with E-state index in [0.717, 1.165) is 0 Å². The summed E-state index contributed by atoms with van der Waals surface area (Å²) in [5.41, 5.74) is -0.0148. The van der Waals surface area contributed by atoms with Gasteiger partial charge in [-0.3, -0.25) is 4.79 Å². The molecule has 1 aromatic carbocycles. The molecule has 0 saturated heterocycles. The zero-order valence-corrected chi connectivity index (χ0v) is 15.4. The number of hydrogen-bond acceptors (Lipinski definition) is 6. The molecule has 2 aromatic rings. The fraction of sp³-hybridized carbons (Fsp3) is 0.353. The fourth-order valence-electron chi connectivity index (χ4n) is 2.59. The molecule has 26 heavy (non-hydrogen) atoms. The number of carbonyl (C=O) groups excluding carboxylic acids is 1. The summed E-state index contributed by atoms with van der Waals surface area (Å²) in [7, 11) is -2.93. The summed E-state index contributed by atoms with van der Waals surface area (Å²) in [6.07, 6.45) is 1.45. The third kappa shape index (κ3) is 4.17. The maximum absolute atomic E-state index is 12.8. The summed E-state index contributed by atoms with van der Waals surface area (Å²) in [6.45, 7) is 3.60. The molecule has 1 atom stereocenters. The molecule has 9 heteroatoms. The number of esters is 1. The van der Waals surface area contributed by atoms with Crippen LogP contribution in [-0.4, -0.2) is 43.6 Å². The van der Waals surface area contributed by atoms with Gasteiger partial charge >= 0.3 is 11.9 Å². The van der Waals surface area contributed by atoms with Gasteiger partial charge in [0.15, 0.2) is 5.69 Å². The van der Waals surface area contributed by atoms with E-state index in [-0.39, 0.29) is 28.3 Å². The number of nitrogens with zero attached hydrogens (tertiary/aromatic N) is 1. The zero-order chi connectivity index (χ0) is 19.5. The zero-order valence-electron chi connectivity index (χ0n) is 14.6. The number of sulfonamides is 1. The van der Waals surface area contributed by atoms with Crippen LogP contribution in [0.4, 0.5) is 0 Å². The number of aromatic nitrogens is 1. The quantitative estimate of drug-likeness (QED) is 0.702. The van der Waals surface area contributed by atoms with Crippen LogP contribution < -0.4 is 4.72 Å². The van der Waals surface area contributed by atoms with E-state index in [2.05, 4.69) is 14.4 Å². The summed E-state index contributed by atoms with van der Waals surface area (Å²) in [6, 6.07) is 4.56. The molecule has 0 fully saturated rings. The molecule has 0 saturated carbocycles. The molecule has 0 radical (unpaired) electrons. The van der Waals surface area contributed by atoms with Crippen LogP contribution in [0.2, 0.25) is 0 Å². The van der Waals surface area contributed by atoms with Gasteiger partial charge in [0.1, 0.15) is 6.04 Å². The van der Waals surface area contributed by atoms with E-state index in [1.54, 1.807) is 19.9 Å². The van der Waals surface area contributed by atoms with Gasteiger partial charge in [0.25, 0.3) is 0 Å². The number of benzene rings is 1. The van der Waals surface area contributed by atoms with Gasteiger partial charge in [-0.05, 0) is 24.5 Å². The third-order valence-corrected chi connectivity index (χ3v) is 5.27. The minimum absolute atomic E-state index is 0.0126. The average molecular weight is 380 g/mol. The number of carbonyl (C=O) groups is 2. The van der Waals surface area contributed by atoms with Gasteiger partial charge in [0.05, 0.1) is 12.0 Å². The highest BCUT2D eigenvalue weighted by molar-refractivity contribution is 7.89. The lowest BCUT2D eigenvalue weighted by Crippen LogP contribution is -2.41. The molecule has 0 bridgehead atoms. The molecule has 0 aliphatic carbocycles. The van der Waals surface area contributed by atoms with Crippen molar-refractivity contribution in [3.05, 3.63) is 36.2 Å². The molecule has 8 nitrogen and oxygen atoms in total. The molecular weight excluding hydrogens is 360 g/mol. The highest BCUT2D eigenvalue weighted by Crippen LogP contribution is 2.25. The number of nitrogens with one attached hydrogen (secondary N) is 1. The molecule has 0 spiro atoms. The molecule has 140 valence electrons. The Balaban J connectivity index is 2.55.